The molecule has 2 rings (SSSR count). The molecule has 0 spiro atoms. The summed E-state index contributed by atoms with van der Waals surface area (Å²) in [5.41, 5.74) is -0.345. The molecule has 2 unspecified atom stereocenters. The fourth-order valence-electron chi connectivity index (χ4n) is 2.23. The van der Waals surface area contributed by atoms with Gasteiger partial charge < -0.3 is 10.1 Å². The van der Waals surface area contributed by atoms with E-state index in [0.29, 0.717) is 6.54 Å². The molecule has 1 saturated heterocycles. The number of hydrogen-bond donors (Lipinski definition) is 2. The predicted octanol–water partition coefficient (Wildman–Crippen LogP) is -0.234. The Morgan fingerprint density at radius 2 is 2.22 bits per heavy atom. The second-order valence-corrected chi connectivity index (χ2v) is 6.41. The van der Waals surface area contributed by atoms with Crippen LogP contribution in [0.4, 0.5) is 0 Å². The maximum atomic E-state index is 12.4. The number of rotatable bonds is 3. The van der Waals surface area contributed by atoms with Crippen LogP contribution in [0.3, 0.4) is 0 Å². The second kappa shape index (κ2) is 4.83. The number of hydrogen-bond acceptors (Lipinski definition) is 4. The summed E-state index contributed by atoms with van der Waals surface area (Å²) in [6, 6.07) is 2.08. The zero-order valence-electron chi connectivity index (χ0n) is 10.0. The van der Waals surface area contributed by atoms with Crippen molar-refractivity contribution < 1.29 is 13.5 Å². The molecule has 1 fully saturated rings. The molecule has 1 aromatic heterocycles. The minimum Gasteiger partial charge on any atom is -0.395 e. The van der Waals surface area contributed by atoms with E-state index >= 15 is 0 Å². The number of aromatic amines is 1. The third kappa shape index (κ3) is 2.21. The molecule has 1 aliphatic heterocycles. The second-order valence-electron chi connectivity index (χ2n) is 4.52. The molecule has 2 heterocycles. The topological polar surface area (TPSA) is 90.5 Å². The van der Waals surface area contributed by atoms with Gasteiger partial charge in [0, 0.05) is 18.8 Å². The molecule has 2 N–H and O–H groups in total. The van der Waals surface area contributed by atoms with Crippen molar-refractivity contribution in [3.05, 3.63) is 28.7 Å². The van der Waals surface area contributed by atoms with Crippen LogP contribution in [0, 0.1) is 5.92 Å². The lowest BCUT2D eigenvalue weighted by Crippen LogP contribution is -2.39. The predicted molar refractivity (Wildman–Crippen MR) is 65.6 cm³/mol. The highest BCUT2D eigenvalue weighted by molar-refractivity contribution is 7.89. The van der Waals surface area contributed by atoms with E-state index in [1.807, 2.05) is 6.92 Å². The summed E-state index contributed by atoms with van der Waals surface area (Å²) in [5, 5.41) is 9.30. The summed E-state index contributed by atoms with van der Waals surface area (Å²) < 4.78 is 26.0. The summed E-state index contributed by atoms with van der Waals surface area (Å²) in [5.74, 6) is 0.132. The van der Waals surface area contributed by atoms with Gasteiger partial charge in [0.2, 0.25) is 15.6 Å². The SMILES string of the molecule is CC1CCN(S(=O)(=O)c2ccc(=O)[nH]c2)C1CO. The zero-order chi connectivity index (χ0) is 13.3. The summed E-state index contributed by atoms with van der Waals surface area (Å²) in [7, 11) is -3.65. The van der Waals surface area contributed by atoms with Crippen molar-refractivity contribution in [3.63, 3.8) is 0 Å². The third-order valence-corrected chi connectivity index (χ3v) is 5.30. The first-order valence-electron chi connectivity index (χ1n) is 5.78. The Morgan fingerprint density at radius 3 is 2.78 bits per heavy atom. The maximum Gasteiger partial charge on any atom is 0.247 e. The lowest BCUT2D eigenvalue weighted by Gasteiger charge is -2.24. The summed E-state index contributed by atoms with van der Waals surface area (Å²) in [6.07, 6.45) is 1.92. The molecule has 0 radical (unpaired) electrons. The van der Waals surface area contributed by atoms with Gasteiger partial charge in [-0.15, -0.1) is 0 Å². The molecule has 100 valence electrons. The van der Waals surface area contributed by atoms with E-state index < -0.39 is 10.0 Å². The summed E-state index contributed by atoms with van der Waals surface area (Å²) in [6.45, 7) is 2.13. The highest BCUT2D eigenvalue weighted by Crippen LogP contribution is 2.29. The Morgan fingerprint density at radius 1 is 1.50 bits per heavy atom. The van der Waals surface area contributed by atoms with Crippen LogP contribution in [0.15, 0.2) is 28.0 Å². The van der Waals surface area contributed by atoms with Crippen LogP contribution < -0.4 is 5.56 Å². The van der Waals surface area contributed by atoms with Gasteiger partial charge in [-0.1, -0.05) is 6.92 Å². The Hall–Kier alpha value is -1.18. The molecule has 0 amide bonds. The highest BCUT2D eigenvalue weighted by atomic mass is 32.2. The average molecular weight is 272 g/mol. The number of nitrogens with zero attached hydrogens (tertiary/aromatic N) is 1. The Balaban J connectivity index is 2.37. The van der Waals surface area contributed by atoms with Gasteiger partial charge in [-0.25, -0.2) is 8.42 Å². The van der Waals surface area contributed by atoms with Crippen molar-refractivity contribution >= 4 is 10.0 Å². The fourth-order valence-corrected chi connectivity index (χ4v) is 3.93. The van der Waals surface area contributed by atoms with Gasteiger partial charge in [0.05, 0.1) is 17.5 Å². The Labute approximate surface area is 105 Å². The van der Waals surface area contributed by atoms with Crippen LogP contribution in [0.5, 0.6) is 0 Å². The standard InChI is InChI=1S/C11H16N2O4S/c1-8-4-5-13(10(8)7-14)18(16,17)9-2-3-11(15)12-6-9/h2-3,6,8,10,14H,4-5,7H2,1H3,(H,12,15). The number of aliphatic hydroxyl groups is 1. The van der Waals surface area contributed by atoms with Gasteiger partial charge in [-0.3, -0.25) is 4.79 Å². The van der Waals surface area contributed by atoms with Crippen molar-refractivity contribution in [2.45, 2.75) is 24.3 Å². The van der Waals surface area contributed by atoms with Crippen LogP contribution in [0.2, 0.25) is 0 Å². The lowest BCUT2D eigenvalue weighted by atomic mass is 10.0. The van der Waals surface area contributed by atoms with Gasteiger partial charge in [0.15, 0.2) is 0 Å². The van der Waals surface area contributed by atoms with Crippen molar-refractivity contribution in [2.24, 2.45) is 5.92 Å². The van der Waals surface area contributed by atoms with Gasteiger partial charge in [0.1, 0.15) is 0 Å². The number of H-pyrrole nitrogens is 1. The van der Waals surface area contributed by atoms with Crippen LogP contribution in [0.25, 0.3) is 0 Å². The van der Waals surface area contributed by atoms with E-state index in [-0.39, 0.29) is 29.0 Å². The molecule has 0 saturated carbocycles. The largest absolute Gasteiger partial charge is 0.395 e. The smallest absolute Gasteiger partial charge is 0.247 e. The monoisotopic (exact) mass is 272 g/mol. The molecule has 0 bridgehead atoms. The van der Waals surface area contributed by atoms with Crippen molar-refractivity contribution in [1.82, 2.24) is 9.29 Å². The molecule has 1 aliphatic rings. The average Bonchev–Trinajstić information content (AvgIpc) is 2.71. The first-order valence-corrected chi connectivity index (χ1v) is 7.22. The molecule has 1 aromatic rings. The van der Waals surface area contributed by atoms with E-state index in [1.165, 1.54) is 22.6 Å². The zero-order valence-corrected chi connectivity index (χ0v) is 10.9. The summed E-state index contributed by atoms with van der Waals surface area (Å²) in [4.78, 5) is 13.3. The van der Waals surface area contributed by atoms with E-state index in [0.717, 1.165) is 6.42 Å². The van der Waals surface area contributed by atoms with Crippen LogP contribution in [0.1, 0.15) is 13.3 Å². The highest BCUT2D eigenvalue weighted by Gasteiger charge is 2.39. The quantitative estimate of drug-likeness (QED) is 0.795. The Kier molecular flexibility index (Phi) is 3.56. The molecular weight excluding hydrogens is 256 g/mol. The molecule has 18 heavy (non-hydrogen) atoms. The van der Waals surface area contributed by atoms with Gasteiger partial charge in [-0.05, 0) is 18.4 Å². The molecule has 6 nitrogen and oxygen atoms in total. The van der Waals surface area contributed by atoms with Crippen LogP contribution in [-0.4, -0.2) is 42.0 Å². The first kappa shape index (κ1) is 13.3. The number of aliphatic hydroxyl groups excluding tert-OH is 1. The van der Waals surface area contributed by atoms with Gasteiger partial charge >= 0.3 is 0 Å². The lowest BCUT2D eigenvalue weighted by molar-refractivity contribution is 0.191. The van der Waals surface area contributed by atoms with Gasteiger partial charge in [0.25, 0.3) is 0 Å². The first-order chi connectivity index (χ1) is 8.46. The van der Waals surface area contributed by atoms with E-state index in [4.69, 9.17) is 0 Å². The van der Waals surface area contributed by atoms with Crippen molar-refractivity contribution in [1.29, 1.82) is 0 Å². The van der Waals surface area contributed by atoms with Crippen molar-refractivity contribution in [2.75, 3.05) is 13.2 Å². The fraction of sp³-hybridized carbons (Fsp3) is 0.545. The number of pyridine rings is 1. The van der Waals surface area contributed by atoms with E-state index in [9.17, 15) is 18.3 Å². The van der Waals surface area contributed by atoms with E-state index in [2.05, 4.69) is 4.98 Å². The Bertz CT molecular complexity index is 560. The molecule has 2 atom stereocenters. The molecule has 0 aliphatic carbocycles. The van der Waals surface area contributed by atoms with E-state index in [1.54, 1.807) is 0 Å². The molecule has 7 heteroatoms. The summed E-state index contributed by atoms with van der Waals surface area (Å²) >= 11 is 0. The maximum absolute atomic E-state index is 12.4. The minimum absolute atomic E-state index is 0.0506. The van der Waals surface area contributed by atoms with Crippen molar-refractivity contribution in [3.8, 4) is 0 Å². The normalized spacial score (nSPS) is 25.4. The number of aromatic nitrogens is 1. The minimum atomic E-state index is -3.65. The van der Waals surface area contributed by atoms with Gasteiger partial charge in [-0.2, -0.15) is 4.31 Å². The number of sulfonamides is 1. The van der Waals surface area contributed by atoms with Crippen LogP contribution in [-0.2, 0) is 10.0 Å². The van der Waals surface area contributed by atoms with Crippen LogP contribution >= 0.6 is 0 Å². The molecular formula is C11H16N2O4S. The number of nitrogens with one attached hydrogen (secondary N) is 1. The third-order valence-electron chi connectivity index (χ3n) is 3.38. The molecule has 0 aromatic carbocycles.